The molecule has 1 fully saturated rings. The van der Waals surface area contributed by atoms with Crippen LogP contribution in [-0.4, -0.2) is 51.1 Å². The highest BCUT2D eigenvalue weighted by Crippen LogP contribution is 2.34. The van der Waals surface area contributed by atoms with Gasteiger partial charge in [-0.1, -0.05) is 15.9 Å². The average Bonchev–Trinajstić information content (AvgIpc) is 2.87. The lowest BCUT2D eigenvalue weighted by Gasteiger charge is -2.36. The van der Waals surface area contributed by atoms with E-state index in [0.29, 0.717) is 10.9 Å². The summed E-state index contributed by atoms with van der Waals surface area (Å²) in [6, 6.07) is 5.16. The van der Waals surface area contributed by atoms with E-state index in [2.05, 4.69) is 26.1 Å². The fraction of sp³-hybridized carbons (Fsp3) is 0.357. The van der Waals surface area contributed by atoms with Crippen molar-refractivity contribution in [1.29, 1.82) is 0 Å². The van der Waals surface area contributed by atoms with E-state index in [1.807, 2.05) is 0 Å². The number of aromatic amines is 1. The van der Waals surface area contributed by atoms with Crippen LogP contribution in [0.1, 0.15) is 16.9 Å². The van der Waals surface area contributed by atoms with Crippen LogP contribution in [0.5, 0.6) is 0 Å². The van der Waals surface area contributed by atoms with Gasteiger partial charge in [-0.05, 0) is 24.6 Å². The first-order valence-corrected chi connectivity index (χ1v) is 7.62. The molecule has 6 nitrogen and oxygen atoms in total. The van der Waals surface area contributed by atoms with Gasteiger partial charge in [-0.2, -0.15) is 5.10 Å². The Balaban J connectivity index is 1.89. The molecule has 1 amide bonds. The van der Waals surface area contributed by atoms with Crippen LogP contribution in [0.25, 0.3) is 10.9 Å². The molecule has 0 radical (unpaired) electrons. The summed E-state index contributed by atoms with van der Waals surface area (Å²) in [5.74, 6) is -7.42. The van der Waals surface area contributed by atoms with Gasteiger partial charge in [0.1, 0.15) is 5.92 Å². The number of hydrogen-bond donors (Lipinski definition) is 2. The lowest BCUT2D eigenvalue weighted by Crippen LogP contribution is -2.53. The van der Waals surface area contributed by atoms with Crippen LogP contribution in [0.4, 0.5) is 8.78 Å². The highest BCUT2D eigenvalue weighted by molar-refractivity contribution is 9.10. The van der Waals surface area contributed by atoms with Crippen molar-refractivity contribution in [3.8, 4) is 0 Å². The van der Waals surface area contributed by atoms with Gasteiger partial charge >= 0.3 is 5.97 Å². The summed E-state index contributed by atoms with van der Waals surface area (Å²) in [6.07, 6.45) is -0.292. The first-order valence-electron chi connectivity index (χ1n) is 6.83. The number of carboxylic acid groups (broad SMARTS) is 1. The van der Waals surface area contributed by atoms with Crippen LogP contribution in [-0.2, 0) is 4.79 Å². The van der Waals surface area contributed by atoms with Gasteiger partial charge in [-0.3, -0.25) is 14.7 Å². The van der Waals surface area contributed by atoms with Crippen molar-refractivity contribution in [1.82, 2.24) is 15.1 Å². The molecule has 23 heavy (non-hydrogen) atoms. The number of aromatic nitrogens is 2. The summed E-state index contributed by atoms with van der Waals surface area (Å²) in [5.41, 5.74) is 0.662. The molecule has 2 N–H and O–H groups in total. The van der Waals surface area contributed by atoms with E-state index < -0.39 is 30.3 Å². The number of fused-ring (bicyclic) bond motifs is 1. The number of benzene rings is 1. The first kappa shape index (κ1) is 15.9. The predicted octanol–water partition coefficient (Wildman–Crippen LogP) is 2.51. The normalized spacial score (nSPS) is 20.7. The molecule has 0 spiro atoms. The summed E-state index contributed by atoms with van der Waals surface area (Å²) < 4.78 is 28.6. The summed E-state index contributed by atoms with van der Waals surface area (Å²) in [4.78, 5) is 24.3. The number of carbonyl (C=O) groups is 2. The van der Waals surface area contributed by atoms with E-state index in [9.17, 15) is 18.4 Å². The topological polar surface area (TPSA) is 86.3 Å². The van der Waals surface area contributed by atoms with Crippen LogP contribution >= 0.6 is 15.9 Å². The maximum absolute atomic E-state index is 13.9. The SMILES string of the molecule is O=C(O)C1CCN(C(=O)c2n[nH]c3ccc(Br)cc23)CC1(F)F. The fourth-order valence-electron chi connectivity index (χ4n) is 2.72. The Hall–Kier alpha value is -2.03. The van der Waals surface area contributed by atoms with Crippen molar-refractivity contribution in [2.45, 2.75) is 12.3 Å². The second-order valence-electron chi connectivity index (χ2n) is 5.43. The number of hydrogen-bond acceptors (Lipinski definition) is 3. The van der Waals surface area contributed by atoms with Gasteiger partial charge in [0.15, 0.2) is 5.69 Å². The smallest absolute Gasteiger partial charge is 0.312 e. The molecule has 0 bridgehead atoms. The monoisotopic (exact) mass is 387 g/mol. The van der Waals surface area contributed by atoms with E-state index >= 15 is 0 Å². The molecule has 1 aliphatic heterocycles. The minimum Gasteiger partial charge on any atom is -0.481 e. The van der Waals surface area contributed by atoms with Gasteiger partial charge in [0.2, 0.25) is 0 Å². The zero-order chi connectivity index (χ0) is 16.8. The summed E-state index contributed by atoms with van der Waals surface area (Å²) in [7, 11) is 0. The maximum atomic E-state index is 13.9. The third-order valence-corrected chi connectivity index (χ3v) is 4.41. The van der Waals surface area contributed by atoms with Crippen LogP contribution in [0.15, 0.2) is 22.7 Å². The molecule has 2 heterocycles. The molecule has 0 aliphatic carbocycles. The third kappa shape index (κ3) is 2.80. The Kier molecular flexibility index (Phi) is 3.83. The van der Waals surface area contributed by atoms with Gasteiger partial charge < -0.3 is 10.0 Å². The molecule has 9 heteroatoms. The van der Waals surface area contributed by atoms with E-state index in [1.54, 1.807) is 18.2 Å². The van der Waals surface area contributed by atoms with Crippen molar-refractivity contribution >= 4 is 38.7 Å². The quantitative estimate of drug-likeness (QED) is 0.828. The molecular weight excluding hydrogens is 376 g/mol. The van der Waals surface area contributed by atoms with E-state index in [-0.39, 0.29) is 18.7 Å². The Labute approximate surface area is 137 Å². The molecule has 1 aromatic heterocycles. The minimum atomic E-state index is -3.47. The molecule has 1 atom stereocenters. The van der Waals surface area contributed by atoms with Gasteiger partial charge in [-0.15, -0.1) is 0 Å². The number of amides is 1. The molecule has 3 rings (SSSR count). The molecule has 0 saturated carbocycles. The lowest BCUT2D eigenvalue weighted by atomic mass is 9.92. The van der Waals surface area contributed by atoms with Crippen LogP contribution < -0.4 is 0 Å². The fourth-order valence-corrected chi connectivity index (χ4v) is 3.08. The number of nitrogens with zero attached hydrogens (tertiary/aromatic N) is 2. The highest BCUT2D eigenvalue weighted by Gasteiger charge is 2.50. The molecule has 1 aliphatic rings. The Morgan fingerprint density at radius 2 is 2.17 bits per heavy atom. The number of H-pyrrole nitrogens is 1. The number of likely N-dealkylation sites (tertiary alicyclic amines) is 1. The van der Waals surface area contributed by atoms with Gasteiger partial charge in [0, 0.05) is 16.4 Å². The number of carboxylic acids is 1. The van der Waals surface area contributed by atoms with E-state index in [1.165, 1.54) is 0 Å². The largest absolute Gasteiger partial charge is 0.481 e. The van der Waals surface area contributed by atoms with E-state index in [0.717, 1.165) is 9.37 Å². The third-order valence-electron chi connectivity index (χ3n) is 3.91. The highest BCUT2D eigenvalue weighted by atomic mass is 79.9. The van der Waals surface area contributed by atoms with E-state index in [4.69, 9.17) is 5.11 Å². The molecule has 122 valence electrons. The number of rotatable bonds is 2. The Morgan fingerprint density at radius 3 is 2.83 bits per heavy atom. The van der Waals surface area contributed by atoms with Gasteiger partial charge in [0.05, 0.1) is 12.1 Å². The molecule has 2 aromatic rings. The van der Waals surface area contributed by atoms with Crippen LogP contribution in [0, 0.1) is 5.92 Å². The molecule has 1 unspecified atom stereocenters. The zero-order valence-electron chi connectivity index (χ0n) is 11.7. The summed E-state index contributed by atoms with van der Waals surface area (Å²) in [6.45, 7) is -0.973. The second kappa shape index (κ2) is 5.55. The number of halogens is 3. The standard InChI is InChI=1S/C14H12BrF2N3O3/c15-7-1-2-10-8(5-7)11(19-18-10)12(21)20-4-3-9(13(22)23)14(16,17)6-20/h1-2,5,9H,3-4,6H2,(H,18,19)(H,22,23). The zero-order valence-corrected chi connectivity index (χ0v) is 13.3. The maximum Gasteiger partial charge on any atom is 0.312 e. The number of alkyl halides is 2. The average molecular weight is 388 g/mol. The number of nitrogens with one attached hydrogen (secondary N) is 1. The molecule has 1 saturated heterocycles. The Bertz CT molecular complexity index is 793. The van der Waals surface area contributed by atoms with Crippen molar-refractivity contribution in [3.05, 3.63) is 28.4 Å². The van der Waals surface area contributed by atoms with Gasteiger partial charge in [-0.25, -0.2) is 8.78 Å². The van der Waals surface area contributed by atoms with Crippen molar-refractivity contribution in [3.63, 3.8) is 0 Å². The van der Waals surface area contributed by atoms with Crippen molar-refractivity contribution < 1.29 is 23.5 Å². The lowest BCUT2D eigenvalue weighted by molar-refractivity contribution is -0.165. The number of carbonyl (C=O) groups excluding carboxylic acids is 1. The minimum absolute atomic E-state index is 0.0471. The number of aliphatic carboxylic acids is 1. The summed E-state index contributed by atoms with van der Waals surface area (Å²) >= 11 is 3.29. The van der Waals surface area contributed by atoms with Gasteiger partial charge in [0.25, 0.3) is 11.8 Å². The molecule has 1 aromatic carbocycles. The number of piperidine rings is 1. The summed E-state index contributed by atoms with van der Waals surface area (Å²) in [5, 5.41) is 16.0. The van der Waals surface area contributed by atoms with Crippen molar-refractivity contribution in [2.24, 2.45) is 5.92 Å². The second-order valence-corrected chi connectivity index (χ2v) is 6.35. The van der Waals surface area contributed by atoms with Crippen LogP contribution in [0.3, 0.4) is 0 Å². The predicted molar refractivity (Wildman–Crippen MR) is 80.4 cm³/mol. The molecular formula is C14H12BrF2N3O3. The van der Waals surface area contributed by atoms with Crippen molar-refractivity contribution in [2.75, 3.05) is 13.1 Å². The van der Waals surface area contributed by atoms with Crippen LogP contribution in [0.2, 0.25) is 0 Å². The first-order chi connectivity index (χ1) is 10.8. The Morgan fingerprint density at radius 1 is 1.43 bits per heavy atom.